The van der Waals surface area contributed by atoms with E-state index in [9.17, 15) is 17.2 Å². The Morgan fingerprint density at radius 2 is 2.11 bits per heavy atom. The predicted octanol–water partition coefficient (Wildman–Crippen LogP) is 3.36. The van der Waals surface area contributed by atoms with Crippen LogP contribution in [0.2, 0.25) is 0 Å². The molecule has 0 bridgehead atoms. The summed E-state index contributed by atoms with van der Waals surface area (Å²) in [5, 5.41) is 0.0691. The van der Waals surface area contributed by atoms with Gasteiger partial charge in [-0.3, -0.25) is 4.57 Å². The second-order valence-corrected chi connectivity index (χ2v) is 6.23. The van der Waals surface area contributed by atoms with Crippen molar-refractivity contribution in [2.24, 2.45) is 0 Å². The third kappa shape index (κ3) is 2.52. The van der Waals surface area contributed by atoms with Crippen molar-refractivity contribution < 1.29 is 21.9 Å². The smallest absolute Gasteiger partial charge is 0.319 e. The Morgan fingerprint density at radius 3 is 2.63 bits per heavy atom. The minimum Gasteiger partial charge on any atom is -0.493 e. The summed E-state index contributed by atoms with van der Waals surface area (Å²) in [4.78, 5) is -0.381. The third-order valence-electron chi connectivity index (χ3n) is 2.56. The standard InChI is InChI=1S/C11H10ClF2NO3S/c1-2-18-8-5-3-4-7-10(8)9(19(12,16)17)6-15(7)11(13)14/h3-6,11H,2H2,1H3. The van der Waals surface area contributed by atoms with E-state index in [2.05, 4.69) is 0 Å². The van der Waals surface area contributed by atoms with E-state index in [0.717, 1.165) is 6.20 Å². The number of rotatable bonds is 4. The third-order valence-corrected chi connectivity index (χ3v) is 3.89. The van der Waals surface area contributed by atoms with Crippen LogP contribution >= 0.6 is 10.7 Å². The molecule has 0 spiro atoms. The summed E-state index contributed by atoms with van der Waals surface area (Å²) in [6, 6.07) is 4.40. The van der Waals surface area contributed by atoms with Gasteiger partial charge in [0.15, 0.2) is 0 Å². The molecule has 1 aromatic carbocycles. The van der Waals surface area contributed by atoms with E-state index >= 15 is 0 Å². The lowest BCUT2D eigenvalue weighted by molar-refractivity contribution is 0.0748. The highest BCUT2D eigenvalue weighted by Crippen LogP contribution is 2.37. The maximum absolute atomic E-state index is 12.9. The molecule has 0 aliphatic heterocycles. The molecule has 0 atom stereocenters. The van der Waals surface area contributed by atoms with Crippen LogP contribution in [0.25, 0.3) is 10.9 Å². The van der Waals surface area contributed by atoms with Crippen LogP contribution in [-0.4, -0.2) is 19.6 Å². The molecule has 0 unspecified atom stereocenters. The van der Waals surface area contributed by atoms with Crippen molar-refractivity contribution in [3.63, 3.8) is 0 Å². The first-order valence-electron chi connectivity index (χ1n) is 5.35. The Bertz CT molecular complexity index is 712. The maximum atomic E-state index is 12.9. The molecule has 0 fully saturated rings. The number of alkyl halides is 2. The molecule has 4 nitrogen and oxygen atoms in total. The molecule has 0 aliphatic rings. The Balaban J connectivity index is 2.88. The molecule has 1 heterocycles. The van der Waals surface area contributed by atoms with Crippen LogP contribution in [-0.2, 0) is 9.05 Å². The lowest BCUT2D eigenvalue weighted by Gasteiger charge is -2.07. The quantitative estimate of drug-likeness (QED) is 0.814. The summed E-state index contributed by atoms with van der Waals surface area (Å²) in [5.74, 6) is 0.207. The Hall–Kier alpha value is -1.34. The number of halogens is 3. The van der Waals surface area contributed by atoms with E-state index in [-0.39, 0.29) is 28.2 Å². The summed E-state index contributed by atoms with van der Waals surface area (Å²) < 4.78 is 54.6. The fraction of sp³-hybridized carbons (Fsp3) is 0.273. The molecule has 2 aromatic rings. The lowest BCUT2D eigenvalue weighted by atomic mass is 10.2. The molecule has 19 heavy (non-hydrogen) atoms. The van der Waals surface area contributed by atoms with Gasteiger partial charge in [-0.15, -0.1) is 0 Å². The minimum atomic E-state index is -4.14. The van der Waals surface area contributed by atoms with E-state index in [4.69, 9.17) is 15.4 Å². The van der Waals surface area contributed by atoms with Gasteiger partial charge < -0.3 is 4.74 Å². The van der Waals surface area contributed by atoms with Gasteiger partial charge in [0.2, 0.25) is 0 Å². The van der Waals surface area contributed by atoms with Crippen LogP contribution in [0.4, 0.5) is 8.78 Å². The molecule has 1 aromatic heterocycles. The number of hydrogen-bond donors (Lipinski definition) is 0. The van der Waals surface area contributed by atoms with Crippen LogP contribution in [0.5, 0.6) is 5.75 Å². The van der Waals surface area contributed by atoms with Gasteiger partial charge in [-0.2, -0.15) is 8.78 Å². The van der Waals surface area contributed by atoms with Gasteiger partial charge in [-0.25, -0.2) is 8.42 Å². The van der Waals surface area contributed by atoms with E-state index in [1.165, 1.54) is 18.2 Å². The summed E-state index contributed by atoms with van der Waals surface area (Å²) >= 11 is 0. The van der Waals surface area contributed by atoms with Crippen molar-refractivity contribution in [3.8, 4) is 5.75 Å². The van der Waals surface area contributed by atoms with Crippen LogP contribution < -0.4 is 4.74 Å². The lowest BCUT2D eigenvalue weighted by Crippen LogP contribution is -1.96. The largest absolute Gasteiger partial charge is 0.493 e. The van der Waals surface area contributed by atoms with Crippen LogP contribution in [0.1, 0.15) is 13.5 Å². The van der Waals surface area contributed by atoms with Crippen molar-refractivity contribution in [2.75, 3.05) is 6.61 Å². The van der Waals surface area contributed by atoms with Gasteiger partial charge in [0.1, 0.15) is 10.6 Å². The number of nitrogens with zero attached hydrogens (tertiary/aromatic N) is 1. The summed E-state index contributed by atoms with van der Waals surface area (Å²) in [7, 11) is 1.14. The molecular weight excluding hydrogens is 300 g/mol. The second kappa shape index (κ2) is 4.97. The van der Waals surface area contributed by atoms with Gasteiger partial charge in [0.05, 0.1) is 17.5 Å². The minimum absolute atomic E-state index is 0.0557. The fourth-order valence-corrected chi connectivity index (χ4v) is 2.90. The van der Waals surface area contributed by atoms with Crippen molar-refractivity contribution in [1.29, 1.82) is 0 Å². The highest BCUT2D eigenvalue weighted by molar-refractivity contribution is 8.14. The van der Waals surface area contributed by atoms with Crippen molar-refractivity contribution in [3.05, 3.63) is 24.4 Å². The fourth-order valence-electron chi connectivity index (χ4n) is 1.86. The highest BCUT2D eigenvalue weighted by atomic mass is 35.7. The average Bonchev–Trinajstić information content (AvgIpc) is 2.69. The predicted molar refractivity (Wildman–Crippen MR) is 67.4 cm³/mol. The van der Waals surface area contributed by atoms with E-state index < -0.39 is 15.6 Å². The molecule has 0 saturated carbocycles. The molecule has 0 N–H and O–H groups in total. The number of hydrogen-bond acceptors (Lipinski definition) is 3. The summed E-state index contributed by atoms with van der Waals surface area (Å²) in [6.45, 7) is -0.884. The van der Waals surface area contributed by atoms with Crippen LogP contribution in [0, 0.1) is 0 Å². The first kappa shape index (κ1) is 14.1. The van der Waals surface area contributed by atoms with Crippen molar-refractivity contribution in [2.45, 2.75) is 18.4 Å². The number of ether oxygens (including phenoxy) is 1. The van der Waals surface area contributed by atoms with Crippen molar-refractivity contribution in [1.82, 2.24) is 4.57 Å². The molecule has 104 valence electrons. The topological polar surface area (TPSA) is 48.3 Å². The molecule has 0 amide bonds. The first-order valence-corrected chi connectivity index (χ1v) is 7.66. The van der Waals surface area contributed by atoms with E-state index in [1.54, 1.807) is 6.92 Å². The highest BCUT2D eigenvalue weighted by Gasteiger charge is 2.24. The van der Waals surface area contributed by atoms with Crippen LogP contribution in [0.3, 0.4) is 0 Å². The summed E-state index contributed by atoms with van der Waals surface area (Å²) in [5.41, 5.74) is 0.0557. The molecule has 2 rings (SSSR count). The normalized spacial score (nSPS) is 12.3. The molecular formula is C11H10ClF2NO3S. The second-order valence-electron chi connectivity index (χ2n) is 3.70. The zero-order chi connectivity index (χ0) is 14.2. The molecule has 0 radical (unpaired) electrons. The zero-order valence-corrected chi connectivity index (χ0v) is 11.4. The van der Waals surface area contributed by atoms with E-state index in [1.807, 2.05) is 0 Å². The van der Waals surface area contributed by atoms with Gasteiger partial charge in [0.25, 0.3) is 9.05 Å². The maximum Gasteiger partial charge on any atom is 0.319 e. The average molecular weight is 310 g/mol. The van der Waals surface area contributed by atoms with Crippen LogP contribution in [0.15, 0.2) is 29.3 Å². The summed E-state index contributed by atoms with van der Waals surface area (Å²) in [6.07, 6.45) is 0.820. The molecule has 0 saturated heterocycles. The number of aromatic nitrogens is 1. The van der Waals surface area contributed by atoms with Gasteiger partial charge in [-0.05, 0) is 19.1 Å². The monoisotopic (exact) mass is 309 g/mol. The molecule has 0 aliphatic carbocycles. The van der Waals surface area contributed by atoms with Gasteiger partial charge in [-0.1, -0.05) is 6.07 Å². The van der Waals surface area contributed by atoms with Gasteiger partial charge >= 0.3 is 6.55 Å². The Morgan fingerprint density at radius 1 is 1.42 bits per heavy atom. The van der Waals surface area contributed by atoms with Gasteiger partial charge in [0, 0.05) is 16.9 Å². The zero-order valence-electron chi connectivity index (χ0n) is 9.81. The Kier molecular flexibility index (Phi) is 3.69. The SMILES string of the molecule is CCOc1cccc2c1c(S(=O)(=O)Cl)cn2C(F)F. The number of fused-ring (bicyclic) bond motifs is 1. The van der Waals surface area contributed by atoms with Crippen molar-refractivity contribution >= 4 is 30.6 Å². The number of benzene rings is 1. The molecule has 8 heteroatoms. The Labute approximate surface area is 113 Å². The first-order chi connectivity index (χ1) is 8.86. The van der Waals surface area contributed by atoms with E-state index in [0.29, 0.717) is 4.57 Å².